The first-order valence-corrected chi connectivity index (χ1v) is 6.81. The minimum Gasteiger partial charge on any atom is -0.330 e. The average molecular weight is 243 g/mol. The van der Waals surface area contributed by atoms with Crippen LogP contribution in [0.4, 0.5) is 0 Å². The molecule has 1 heterocycles. The van der Waals surface area contributed by atoms with Crippen molar-refractivity contribution in [3.8, 4) is 0 Å². The van der Waals surface area contributed by atoms with Crippen molar-refractivity contribution in [3.63, 3.8) is 0 Å². The van der Waals surface area contributed by atoms with E-state index in [0.717, 1.165) is 58.7 Å². The van der Waals surface area contributed by atoms with Gasteiger partial charge in [0.25, 0.3) is 0 Å². The van der Waals surface area contributed by atoms with Gasteiger partial charge in [0.05, 0.1) is 6.17 Å². The SMILES string of the molecule is CC(CCCN)C(N)N1CCN(CCN)CC1. The van der Waals surface area contributed by atoms with Gasteiger partial charge in [-0.2, -0.15) is 0 Å². The van der Waals surface area contributed by atoms with Gasteiger partial charge in [0.15, 0.2) is 0 Å². The molecule has 2 atom stereocenters. The highest BCUT2D eigenvalue weighted by atomic mass is 15.3. The first-order chi connectivity index (χ1) is 8.19. The van der Waals surface area contributed by atoms with E-state index in [-0.39, 0.29) is 6.17 Å². The molecule has 5 heteroatoms. The molecule has 1 rings (SSSR count). The Labute approximate surface area is 105 Å². The van der Waals surface area contributed by atoms with Crippen LogP contribution in [-0.2, 0) is 0 Å². The number of nitrogens with two attached hydrogens (primary N) is 3. The minimum atomic E-state index is 0.182. The lowest BCUT2D eigenvalue weighted by Crippen LogP contribution is -2.55. The molecule has 1 aliphatic heterocycles. The van der Waals surface area contributed by atoms with Crippen LogP contribution >= 0.6 is 0 Å². The zero-order valence-electron chi connectivity index (χ0n) is 11.1. The fourth-order valence-electron chi connectivity index (χ4n) is 2.44. The molecule has 102 valence electrons. The van der Waals surface area contributed by atoms with Crippen LogP contribution in [0, 0.1) is 5.92 Å². The summed E-state index contributed by atoms with van der Waals surface area (Å²) in [6.45, 7) is 9.06. The Kier molecular flexibility index (Phi) is 6.99. The molecular weight excluding hydrogens is 214 g/mol. The zero-order chi connectivity index (χ0) is 12.7. The molecule has 1 aliphatic rings. The maximum atomic E-state index is 6.29. The summed E-state index contributed by atoms with van der Waals surface area (Å²) in [7, 11) is 0. The fraction of sp³-hybridized carbons (Fsp3) is 1.00. The zero-order valence-corrected chi connectivity index (χ0v) is 11.1. The number of rotatable bonds is 7. The van der Waals surface area contributed by atoms with E-state index in [0.29, 0.717) is 5.92 Å². The molecule has 0 aliphatic carbocycles. The summed E-state index contributed by atoms with van der Waals surface area (Å²) in [5.41, 5.74) is 17.4. The molecule has 0 spiro atoms. The lowest BCUT2D eigenvalue weighted by molar-refractivity contribution is 0.0745. The molecule has 0 aromatic rings. The quantitative estimate of drug-likeness (QED) is 0.546. The van der Waals surface area contributed by atoms with Gasteiger partial charge in [-0.25, -0.2) is 0 Å². The van der Waals surface area contributed by atoms with Crippen molar-refractivity contribution in [2.75, 3.05) is 45.8 Å². The highest BCUT2D eigenvalue weighted by Crippen LogP contribution is 2.14. The summed E-state index contributed by atoms with van der Waals surface area (Å²) in [6.07, 6.45) is 2.38. The third kappa shape index (κ3) is 4.89. The second-order valence-electron chi connectivity index (χ2n) is 5.07. The number of nitrogens with zero attached hydrogens (tertiary/aromatic N) is 2. The van der Waals surface area contributed by atoms with Crippen LogP contribution in [-0.4, -0.2) is 61.8 Å². The minimum absolute atomic E-state index is 0.182. The third-order valence-electron chi connectivity index (χ3n) is 3.72. The third-order valence-corrected chi connectivity index (χ3v) is 3.72. The average Bonchev–Trinajstić information content (AvgIpc) is 2.36. The van der Waals surface area contributed by atoms with Crippen LogP contribution in [0.5, 0.6) is 0 Å². The summed E-state index contributed by atoms with van der Waals surface area (Å²) in [5.74, 6) is 0.527. The maximum absolute atomic E-state index is 6.29. The standard InChI is InChI=1S/C12H29N5/c1-11(3-2-4-13)12(15)17-9-7-16(6-5-14)8-10-17/h11-12H,2-10,13-15H2,1H3. The Balaban J connectivity index is 2.27. The van der Waals surface area contributed by atoms with Crippen molar-refractivity contribution in [1.82, 2.24) is 9.80 Å². The summed E-state index contributed by atoms with van der Waals surface area (Å²) >= 11 is 0. The van der Waals surface area contributed by atoms with Crippen LogP contribution in [0.25, 0.3) is 0 Å². The van der Waals surface area contributed by atoms with Gasteiger partial charge in [-0.1, -0.05) is 6.92 Å². The Bertz CT molecular complexity index is 191. The molecule has 6 N–H and O–H groups in total. The van der Waals surface area contributed by atoms with Gasteiger partial charge < -0.3 is 17.2 Å². The van der Waals surface area contributed by atoms with Crippen molar-refractivity contribution in [2.45, 2.75) is 25.9 Å². The van der Waals surface area contributed by atoms with Crippen molar-refractivity contribution in [2.24, 2.45) is 23.1 Å². The van der Waals surface area contributed by atoms with E-state index in [4.69, 9.17) is 17.2 Å². The van der Waals surface area contributed by atoms with Crippen LogP contribution in [0.1, 0.15) is 19.8 Å². The Morgan fingerprint density at radius 1 is 1.06 bits per heavy atom. The lowest BCUT2D eigenvalue weighted by atomic mass is 10.0. The highest BCUT2D eigenvalue weighted by molar-refractivity contribution is 4.78. The summed E-state index contributed by atoms with van der Waals surface area (Å²) in [6, 6.07) is 0. The van der Waals surface area contributed by atoms with E-state index in [1.165, 1.54) is 0 Å². The highest BCUT2D eigenvalue weighted by Gasteiger charge is 2.24. The Morgan fingerprint density at radius 3 is 2.24 bits per heavy atom. The molecular formula is C12H29N5. The molecule has 17 heavy (non-hydrogen) atoms. The van der Waals surface area contributed by atoms with Crippen LogP contribution < -0.4 is 17.2 Å². The van der Waals surface area contributed by atoms with Gasteiger partial charge in [0.2, 0.25) is 0 Å². The maximum Gasteiger partial charge on any atom is 0.0598 e. The molecule has 0 bridgehead atoms. The van der Waals surface area contributed by atoms with E-state index in [9.17, 15) is 0 Å². The van der Waals surface area contributed by atoms with Gasteiger partial charge in [-0.05, 0) is 25.3 Å². The smallest absolute Gasteiger partial charge is 0.0598 e. The molecule has 0 amide bonds. The van der Waals surface area contributed by atoms with Crippen molar-refractivity contribution in [1.29, 1.82) is 0 Å². The first-order valence-electron chi connectivity index (χ1n) is 6.81. The van der Waals surface area contributed by atoms with E-state index in [2.05, 4.69) is 16.7 Å². The topological polar surface area (TPSA) is 84.5 Å². The normalized spacial score (nSPS) is 22.6. The predicted molar refractivity (Wildman–Crippen MR) is 72.5 cm³/mol. The van der Waals surface area contributed by atoms with Gasteiger partial charge in [0.1, 0.15) is 0 Å². The first kappa shape index (κ1) is 14.9. The number of piperazine rings is 1. The summed E-state index contributed by atoms with van der Waals surface area (Å²) in [4.78, 5) is 4.81. The van der Waals surface area contributed by atoms with Crippen molar-refractivity contribution >= 4 is 0 Å². The van der Waals surface area contributed by atoms with Gasteiger partial charge in [-0.3, -0.25) is 9.80 Å². The molecule has 0 aromatic carbocycles. The van der Waals surface area contributed by atoms with Gasteiger partial charge in [0, 0.05) is 39.3 Å². The van der Waals surface area contributed by atoms with E-state index in [1.54, 1.807) is 0 Å². The monoisotopic (exact) mass is 243 g/mol. The van der Waals surface area contributed by atoms with Crippen LogP contribution in [0.3, 0.4) is 0 Å². The molecule has 0 saturated carbocycles. The lowest BCUT2D eigenvalue weighted by Gasteiger charge is -2.39. The summed E-state index contributed by atoms with van der Waals surface area (Å²) < 4.78 is 0. The largest absolute Gasteiger partial charge is 0.330 e. The molecule has 5 nitrogen and oxygen atoms in total. The second kappa shape index (κ2) is 8.00. The molecule has 1 saturated heterocycles. The van der Waals surface area contributed by atoms with Gasteiger partial charge in [-0.15, -0.1) is 0 Å². The molecule has 0 radical (unpaired) electrons. The Hall–Kier alpha value is -0.200. The second-order valence-corrected chi connectivity index (χ2v) is 5.07. The van der Waals surface area contributed by atoms with E-state index >= 15 is 0 Å². The van der Waals surface area contributed by atoms with Gasteiger partial charge >= 0.3 is 0 Å². The fourth-order valence-corrected chi connectivity index (χ4v) is 2.44. The van der Waals surface area contributed by atoms with E-state index in [1.807, 2.05) is 0 Å². The Morgan fingerprint density at radius 2 is 1.71 bits per heavy atom. The number of hydrogen-bond acceptors (Lipinski definition) is 5. The van der Waals surface area contributed by atoms with Crippen LogP contribution in [0.2, 0.25) is 0 Å². The number of hydrogen-bond donors (Lipinski definition) is 3. The molecule has 0 aromatic heterocycles. The summed E-state index contributed by atoms with van der Waals surface area (Å²) in [5, 5.41) is 0. The predicted octanol–water partition coefficient (Wildman–Crippen LogP) is -0.777. The molecule has 1 fully saturated rings. The van der Waals surface area contributed by atoms with E-state index < -0.39 is 0 Å². The van der Waals surface area contributed by atoms with Crippen molar-refractivity contribution < 1.29 is 0 Å². The molecule has 2 unspecified atom stereocenters. The van der Waals surface area contributed by atoms with Crippen LogP contribution in [0.15, 0.2) is 0 Å². The van der Waals surface area contributed by atoms with Crippen molar-refractivity contribution in [3.05, 3.63) is 0 Å².